The van der Waals surface area contributed by atoms with Crippen molar-refractivity contribution in [2.45, 2.75) is 17.9 Å². The first-order valence-corrected chi connectivity index (χ1v) is 11.7. The van der Waals surface area contributed by atoms with Crippen LogP contribution in [0.5, 0.6) is 0 Å². The lowest BCUT2D eigenvalue weighted by Crippen LogP contribution is -2.37. The van der Waals surface area contributed by atoms with E-state index in [1.165, 1.54) is 13.0 Å². The fraction of sp³-hybridized carbons (Fsp3) is 0.125. The number of amides is 1. The van der Waals surface area contributed by atoms with Crippen LogP contribution < -0.4 is 9.62 Å². The predicted molar refractivity (Wildman–Crippen MR) is 124 cm³/mol. The molecule has 1 atom stereocenters. The molecule has 0 fully saturated rings. The molecule has 8 nitrogen and oxygen atoms in total. The summed E-state index contributed by atoms with van der Waals surface area (Å²) in [5.74, 6) is -1.36. The van der Waals surface area contributed by atoms with Crippen molar-refractivity contribution >= 4 is 54.9 Å². The summed E-state index contributed by atoms with van der Waals surface area (Å²) in [5, 5.41) is 4.83. The van der Waals surface area contributed by atoms with Crippen LogP contribution in [0.3, 0.4) is 0 Å². The second-order valence-electron chi connectivity index (χ2n) is 7.64. The van der Waals surface area contributed by atoms with Crippen molar-refractivity contribution < 1.29 is 22.7 Å². The Hall–Kier alpha value is -3.98. The summed E-state index contributed by atoms with van der Waals surface area (Å²) in [6.07, 6.45) is 0.525. The van der Waals surface area contributed by atoms with E-state index in [0.29, 0.717) is 22.3 Å². The van der Waals surface area contributed by atoms with Gasteiger partial charge in [0, 0.05) is 17.0 Å². The van der Waals surface area contributed by atoms with Gasteiger partial charge in [0.2, 0.25) is 0 Å². The number of rotatable bonds is 5. The van der Waals surface area contributed by atoms with Gasteiger partial charge in [0.05, 0.1) is 21.8 Å². The Morgan fingerprint density at radius 3 is 2.61 bits per heavy atom. The number of sulfonamides is 1. The van der Waals surface area contributed by atoms with E-state index < -0.39 is 34.5 Å². The summed E-state index contributed by atoms with van der Waals surface area (Å²) in [5.41, 5.74) is 1.67. The van der Waals surface area contributed by atoms with Crippen molar-refractivity contribution in [3.05, 3.63) is 72.9 Å². The summed E-state index contributed by atoms with van der Waals surface area (Å²) in [6.45, 7) is 0.899. The van der Waals surface area contributed by atoms with E-state index in [0.717, 1.165) is 15.1 Å². The van der Waals surface area contributed by atoms with Gasteiger partial charge in [-0.1, -0.05) is 30.3 Å². The molecule has 0 aliphatic carbocycles. The van der Waals surface area contributed by atoms with Crippen LogP contribution in [0, 0.1) is 0 Å². The minimum atomic E-state index is -3.90. The van der Waals surface area contributed by atoms with Gasteiger partial charge in [0.25, 0.3) is 15.9 Å². The minimum absolute atomic E-state index is 0.152. The fourth-order valence-corrected chi connectivity index (χ4v) is 5.64. The third kappa shape index (κ3) is 3.56. The maximum atomic E-state index is 13.0. The normalized spacial score (nSPS) is 14.9. The Bertz CT molecular complexity index is 1520. The zero-order valence-electron chi connectivity index (χ0n) is 17.6. The number of benzene rings is 3. The first kappa shape index (κ1) is 20.9. The van der Waals surface area contributed by atoms with Crippen molar-refractivity contribution in [1.29, 1.82) is 0 Å². The molecule has 0 saturated heterocycles. The van der Waals surface area contributed by atoms with Crippen LogP contribution in [0.2, 0.25) is 0 Å². The molecule has 166 valence electrons. The lowest BCUT2D eigenvalue weighted by molar-refractivity contribution is -0.151. The highest BCUT2D eigenvalue weighted by Crippen LogP contribution is 2.41. The summed E-state index contributed by atoms with van der Waals surface area (Å²) < 4.78 is 32.3. The highest BCUT2D eigenvalue weighted by atomic mass is 32.2. The number of anilines is 2. The van der Waals surface area contributed by atoms with Crippen LogP contribution in [0.15, 0.2) is 77.8 Å². The number of carbonyl (C=O) groups excluding carboxylic acids is 2. The predicted octanol–water partition coefficient (Wildman–Crippen LogP) is 3.47. The van der Waals surface area contributed by atoms with Crippen molar-refractivity contribution in [1.82, 2.24) is 4.98 Å². The number of esters is 1. The van der Waals surface area contributed by atoms with Gasteiger partial charge in [0.1, 0.15) is 6.54 Å². The van der Waals surface area contributed by atoms with Crippen LogP contribution in [0.1, 0.15) is 6.92 Å². The number of aromatic nitrogens is 1. The molecule has 4 aromatic rings. The maximum absolute atomic E-state index is 13.0. The SMILES string of the molecule is CC(OC(=O)CN1c2cccc3cccc(c23)S1(=O)=O)C(=O)Nc1cccc2ncccc12. The number of nitrogens with one attached hydrogen (secondary N) is 1. The van der Waals surface area contributed by atoms with Crippen molar-refractivity contribution in [3.63, 3.8) is 0 Å². The van der Waals surface area contributed by atoms with Gasteiger partial charge in [0.15, 0.2) is 6.10 Å². The summed E-state index contributed by atoms with van der Waals surface area (Å²) in [7, 11) is -3.90. The second kappa shape index (κ2) is 7.86. The van der Waals surface area contributed by atoms with E-state index in [2.05, 4.69) is 10.3 Å². The zero-order valence-corrected chi connectivity index (χ0v) is 18.4. The van der Waals surface area contributed by atoms with Gasteiger partial charge < -0.3 is 10.1 Å². The summed E-state index contributed by atoms with van der Waals surface area (Å²) in [6, 6.07) is 19.1. The third-order valence-corrected chi connectivity index (χ3v) is 7.34. The van der Waals surface area contributed by atoms with E-state index in [4.69, 9.17) is 4.74 Å². The smallest absolute Gasteiger partial charge is 0.327 e. The van der Waals surface area contributed by atoms with Crippen LogP contribution in [-0.2, 0) is 24.3 Å². The number of nitrogens with zero attached hydrogens (tertiary/aromatic N) is 2. The first-order valence-electron chi connectivity index (χ1n) is 10.2. The van der Waals surface area contributed by atoms with Gasteiger partial charge >= 0.3 is 5.97 Å². The molecule has 0 spiro atoms. The zero-order chi connectivity index (χ0) is 23.2. The van der Waals surface area contributed by atoms with E-state index in [9.17, 15) is 18.0 Å². The molecule has 5 rings (SSSR count). The molecule has 1 aliphatic rings. The molecule has 1 N–H and O–H groups in total. The number of fused-ring (bicyclic) bond motifs is 1. The number of carbonyl (C=O) groups is 2. The molecule has 0 radical (unpaired) electrons. The van der Waals surface area contributed by atoms with E-state index in [1.807, 2.05) is 24.3 Å². The second-order valence-corrected chi connectivity index (χ2v) is 9.47. The van der Waals surface area contributed by atoms with E-state index >= 15 is 0 Å². The van der Waals surface area contributed by atoms with Gasteiger partial charge in [-0.25, -0.2) is 8.42 Å². The molecule has 33 heavy (non-hydrogen) atoms. The summed E-state index contributed by atoms with van der Waals surface area (Å²) in [4.78, 5) is 29.7. The molecule has 0 saturated carbocycles. The van der Waals surface area contributed by atoms with Crippen LogP contribution >= 0.6 is 0 Å². The Kier molecular flexibility index (Phi) is 4.98. The third-order valence-electron chi connectivity index (χ3n) is 5.53. The molecule has 3 aromatic carbocycles. The largest absolute Gasteiger partial charge is 0.451 e. The van der Waals surface area contributed by atoms with Crippen molar-refractivity contribution in [3.8, 4) is 0 Å². The topological polar surface area (TPSA) is 106 Å². The van der Waals surface area contributed by atoms with Gasteiger partial charge in [-0.3, -0.25) is 18.9 Å². The molecule has 1 aromatic heterocycles. The lowest BCUT2D eigenvalue weighted by atomic mass is 10.1. The van der Waals surface area contributed by atoms with Crippen LogP contribution in [-0.4, -0.2) is 37.9 Å². The van der Waals surface area contributed by atoms with Gasteiger partial charge in [-0.05, 0) is 48.7 Å². The molecule has 1 aliphatic heterocycles. The molecular weight excluding hydrogens is 442 g/mol. The minimum Gasteiger partial charge on any atom is -0.451 e. The van der Waals surface area contributed by atoms with Crippen LogP contribution in [0.4, 0.5) is 11.4 Å². The monoisotopic (exact) mass is 461 g/mol. The highest BCUT2D eigenvalue weighted by molar-refractivity contribution is 7.93. The van der Waals surface area contributed by atoms with Crippen LogP contribution in [0.25, 0.3) is 21.7 Å². The van der Waals surface area contributed by atoms with E-state index in [1.54, 1.807) is 42.6 Å². The number of hydrogen-bond acceptors (Lipinski definition) is 6. The lowest BCUT2D eigenvalue weighted by Gasteiger charge is -2.20. The Morgan fingerprint density at radius 1 is 1.03 bits per heavy atom. The van der Waals surface area contributed by atoms with Gasteiger partial charge in [-0.15, -0.1) is 0 Å². The van der Waals surface area contributed by atoms with Crippen molar-refractivity contribution in [2.24, 2.45) is 0 Å². The Labute approximate surface area is 189 Å². The maximum Gasteiger partial charge on any atom is 0.327 e. The van der Waals surface area contributed by atoms with Crippen molar-refractivity contribution in [2.75, 3.05) is 16.2 Å². The number of ether oxygens (including phenoxy) is 1. The highest BCUT2D eigenvalue weighted by Gasteiger charge is 2.37. The Balaban J connectivity index is 1.31. The number of pyridine rings is 1. The number of hydrogen-bond donors (Lipinski definition) is 1. The fourth-order valence-electron chi connectivity index (χ4n) is 3.98. The Morgan fingerprint density at radius 2 is 1.79 bits per heavy atom. The molecule has 9 heteroatoms. The average molecular weight is 461 g/mol. The van der Waals surface area contributed by atoms with Gasteiger partial charge in [-0.2, -0.15) is 0 Å². The quantitative estimate of drug-likeness (QED) is 0.456. The molecular formula is C24H19N3O5S. The molecule has 0 bridgehead atoms. The first-order chi connectivity index (χ1) is 15.9. The average Bonchev–Trinajstić information content (AvgIpc) is 3.02. The van der Waals surface area contributed by atoms with E-state index in [-0.39, 0.29) is 4.90 Å². The summed E-state index contributed by atoms with van der Waals surface area (Å²) >= 11 is 0. The standard InChI is InChI=1S/C24H19N3O5S/c1-15(24(29)26-19-10-4-9-18-17(19)8-5-13-25-18)32-22(28)14-27-20-11-2-6-16-7-3-12-21(23(16)20)33(27,30)31/h2-13,15H,14H2,1H3,(H,26,29). The molecule has 2 heterocycles. The molecule has 1 amide bonds. The molecule has 1 unspecified atom stereocenters.